The minimum absolute atomic E-state index is 0.0590. The van der Waals surface area contributed by atoms with Crippen molar-refractivity contribution >= 4 is 19.8 Å². The number of phosphoric ester groups is 1. The van der Waals surface area contributed by atoms with Crippen molar-refractivity contribution in [3.05, 3.63) is 88.5 Å². The number of aldehydes is 1. The first kappa shape index (κ1) is 20.9. The Morgan fingerprint density at radius 3 is 1.83 bits per heavy atom. The molecule has 0 aliphatic heterocycles. The average Bonchev–Trinajstić information content (AvgIpc) is 2.74. The van der Waals surface area contributed by atoms with Crippen molar-refractivity contribution in [3.63, 3.8) is 0 Å². The van der Waals surface area contributed by atoms with E-state index < -0.39 is 18.4 Å². The molecular weight excluding hydrogens is 413 g/mol. The molecule has 0 heterocycles. The summed E-state index contributed by atoms with van der Waals surface area (Å²) in [6.07, 6.45) is 0.310. The first-order valence-electron chi connectivity index (χ1n) is 8.54. The van der Waals surface area contributed by atoms with Gasteiger partial charge < -0.3 is 18.3 Å². The van der Waals surface area contributed by atoms with Gasteiger partial charge in [-0.2, -0.15) is 4.57 Å². The molecule has 154 valence electrons. The van der Waals surface area contributed by atoms with Crippen LogP contribution in [-0.2, 0) is 4.57 Å². The fraction of sp³-hybridized carbons (Fsp3) is 0.0500. The second-order valence-electron chi connectivity index (χ2n) is 5.78. The second kappa shape index (κ2) is 9.11. The predicted molar refractivity (Wildman–Crippen MR) is 107 cm³/mol. The first-order chi connectivity index (χ1) is 14.4. The lowest BCUT2D eigenvalue weighted by molar-refractivity contribution is -0.385. The van der Waals surface area contributed by atoms with Gasteiger partial charge in [-0.1, -0.05) is 36.4 Å². The van der Waals surface area contributed by atoms with Gasteiger partial charge in [-0.3, -0.25) is 14.9 Å². The predicted octanol–water partition coefficient (Wildman–Crippen LogP) is 5.06. The quantitative estimate of drug-likeness (QED) is 0.201. The van der Waals surface area contributed by atoms with Crippen molar-refractivity contribution in [1.29, 1.82) is 0 Å². The number of benzene rings is 3. The zero-order valence-corrected chi connectivity index (χ0v) is 16.6. The molecule has 30 heavy (non-hydrogen) atoms. The molecule has 3 aromatic carbocycles. The van der Waals surface area contributed by atoms with Gasteiger partial charge in [-0.05, 0) is 24.3 Å². The van der Waals surface area contributed by atoms with E-state index in [0.717, 1.165) is 12.1 Å². The van der Waals surface area contributed by atoms with Gasteiger partial charge in [0.2, 0.25) is 0 Å². The van der Waals surface area contributed by atoms with E-state index in [0.29, 0.717) is 6.29 Å². The Balaban J connectivity index is 2.04. The highest BCUT2D eigenvalue weighted by molar-refractivity contribution is 7.49. The number of carbonyl (C=O) groups excluding carboxylic acids is 1. The van der Waals surface area contributed by atoms with E-state index in [1.807, 2.05) is 0 Å². The second-order valence-corrected chi connectivity index (χ2v) is 7.23. The van der Waals surface area contributed by atoms with Crippen LogP contribution < -0.4 is 18.3 Å². The molecule has 0 saturated carbocycles. The van der Waals surface area contributed by atoms with Crippen LogP contribution >= 0.6 is 7.82 Å². The minimum Gasteiger partial charge on any atom is -0.493 e. The van der Waals surface area contributed by atoms with Crippen molar-refractivity contribution in [1.82, 2.24) is 0 Å². The number of phosphoric acid groups is 1. The van der Waals surface area contributed by atoms with Crippen LogP contribution in [0.2, 0.25) is 0 Å². The summed E-state index contributed by atoms with van der Waals surface area (Å²) in [6.45, 7) is 0. The Bertz CT molecular complexity index is 1040. The molecule has 0 bridgehead atoms. The normalized spacial score (nSPS) is 10.7. The molecule has 0 radical (unpaired) electrons. The van der Waals surface area contributed by atoms with E-state index in [4.69, 9.17) is 18.3 Å². The van der Waals surface area contributed by atoms with Gasteiger partial charge in [-0.15, -0.1) is 0 Å². The maximum atomic E-state index is 13.5. The summed E-state index contributed by atoms with van der Waals surface area (Å²) in [7, 11) is -3.12. The van der Waals surface area contributed by atoms with Gasteiger partial charge in [0, 0.05) is 6.07 Å². The van der Waals surface area contributed by atoms with Gasteiger partial charge in [0.15, 0.2) is 17.8 Å². The number of hydrogen-bond donors (Lipinski definition) is 0. The lowest BCUT2D eigenvalue weighted by atomic mass is 10.2. The van der Waals surface area contributed by atoms with Crippen LogP contribution in [0.15, 0.2) is 72.8 Å². The summed E-state index contributed by atoms with van der Waals surface area (Å²) < 4.78 is 35.0. The van der Waals surface area contributed by atoms with E-state index in [1.54, 1.807) is 60.7 Å². The smallest absolute Gasteiger partial charge is 0.493 e. The average molecular weight is 429 g/mol. The van der Waals surface area contributed by atoms with Gasteiger partial charge in [-0.25, -0.2) is 0 Å². The molecule has 0 aromatic heterocycles. The molecule has 0 fully saturated rings. The van der Waals surface area contributed by atoms with Crippen LogP contribution in [0.4, 0.5) is 5.69 Å². The summed E-state index contributed by atoms with van der Waals surface area (Å²) >= 11 is 0. The number of nitro benzene ring substituents is 1. The van der Waals surface area contributed by atoms with Gasteiger partial charge in [0.25, 0.3) is 5.69 Å². The topological polar surface area (TPSA) is 114 Å². The third-order valence-corrected chi connectivity index (χ3v) is 5.06. The molecule has 0 atom stereocenters. The fourth-order valence-corrected chi connectivity index (χ4v) is 3.70. The Hall–Kier alpha value is -3.84. The molecular formula is C20H16NO8P. The van der Waals surface area contributed by atoms with Crippen molar-refractivity contribution in [3.8, 4) is 23.0 Å². The summed E-state index contributed by atoms with van der Waals surface area (Å²) in [5.41, 5.74) is -0.779. The first-order valence-corrected chi connectivity index (χ1v) is 10.0. The van der Waals surface area contributed by atoms with Crippen LogP contribution in [0.25, 0.3) is 0 Å². The molecule has 9 nitrogen and oxygen atoms in total. The Labute approximate surface area is 171 Å². The number of para-hydroxylation sites is 2. The molecule has 3 aromatic rings. The molecule has 0 unspecified atom stereocenters. The molecule has 0 N–H and O–H groups in total. The van der Waals surface area contributed by atoms with Crippen LogP contribution in [-0.4, -0.2) is 18.3 Å². The van der Waals surface area contributed by atoms with Crippen molar-refractivity contribution in [2.45, 2.75) is 0 Å². The maximum absolute atomic E-state index is 13.5. The number of carbonyl (C=O) groups is 1. The SMILES string of the molecule is COc1cc(C=O)c([N+](=O)[O-])cc1OP(=O)(Oc1ccccc1)Oc1ccccc1. The number of ether oxygens (including phenoxy) is 1. The maximum Gasteiger partial charge on any atom is 0.647 e. The molecule has 10 heteroatoms. The zero-order valence-electron chi connectivity index (χ0n) is 15.7. The van der Waals surface area contributed by atoms with Crippen molar-refractivity contribution in [2.75, 3.05) is 7.11 Å². The Morgan fingerprint density at radius 1 is 0.867 bits per heavy atom. The van der Waals surface area contributed by atoms with Gasteiger partial charge in [0.05, 0.1) is 23.7 Å². The molecule has 3 rings (SSSR count). The largest absolute Gasteiger partial charge is 0.647 e. The zero-order chi connectivity index (χ0) is 21.6. The van der Waals surface area contributed by atoms with E-state index in [-0.39, 0.29) is 28.6 Å². The molecule has 0 aliphatic rings. The number of methoxy groups -OCH3 is 1. The monoisotopic (exact) mass is 429 g/mol. The van der Waals surface area contributed by atoms with Crippen LogP contribution in [0.5, 0.6) is 23.0 Å². The summed E-state index contributed by atoms with van der Waals surface area (Å²) in [5.74, 6) is 0.0331. The highest BCUT2D eigenvalue weighted by Gasteiger charge is 2.35. The Kier molecular flexibility index (Phi) is 6.34. The summed E-state index contributed by atoms with van der Waals surface area (Å²) in [6, 6.07) is 18.3. The van der Waals surface area contributed by atoms with Crippen LogP contribution in [0.1, 0.15) is 10.4 Å². The third kappa shape index (κ3) is 4.95. The van der Waals surface area contributed by atoms with E-state index in [1.165, 1.54) is 7.11 Å². The van der Waals surface area contributed by atoms with E-state index >= 15 is 0 Å². The van der Waals surface area contributed by atoms with E-state index in [2.05, 4.69) is 0 Å². The lowest BCUT2D eigenvalue weighted by Gasteiger charge is -2.20. The number of nitrogens with zero attached hydrogens (tertiary/aromatic N) is 1. The van der Waals surface area contributed by atoms with Crippen LogP contribution in [0, 0.1) is 10.1 Å². The van der Waals surface area contributed by atoms with Crippen LogP contribution in [0.3, 0.4) is 0 Å². The number of hydrogen-bond acceptors (Lipinski definition) is 8. The molecule has 0 aliphatic carbocycles. The standard InChI is InChI=1S/C20H16NO8P/c1-26-19-12-15(14-22)18(21(23)24)13-20(19)29-30(25,27-16-8-4-2-5-9-16)28-17-10-6-3-7-11-17/h2-14H,1H3. The molecule has 0 saturated heterocycles. The third-order valence-electron chi connectivity index (χ3n) is 3.77. The van der Waals surface area contributed by atoms with E-state index in [9.17, 15) is 19.5 Å². The summed E-state index contributed by atoms with van der Waals surface area (Å²) in [5, 5.41) is 11.3. The Morgan fingerprint density at radius 2 is 1.40 bits per heavy atom. The molecule has 0 spiro atoms. The summed E-state index contributed by atoms with van der Waals surface area (Å²) in [4.78, 5) is 21.7. The fourth-order valence-electron chi connectivity index (χ4n) is 2.45. The van der Waals surface area contributed by atoms with Gasteiger partial charge >= 0.3 is 7.82 Å². The van der Waals surface area contributed by atoms with Gasteiger partial charge in [0.1, 0.15) is 11.5 Å². The molecule has 0 amide bonds. The minimum atomic E-state index is -4.39. The highest BCUT2D eigenvalue weighted by atomic mass is 31.2. The number of rotatable bonds is 9. The van der Waals surface area contributed by atoms with Crippen molar-refractivity contribution < 1.29 is 32.6 Å². The lowest BCUT2D eigenvalue weighted by Crippen LogP contribution is -2.09. The highest BCUT2D eigenvalue weighted by Crippen LogP contribution is 2.52. The van der Waals surface area contributed by atoms with Crippen molar-refractivity contribution in [2.24, 2.45) is 0 Å². The number of nitro groups is 1.